The summed E-state index contributed by atoms with van der Waals surface area (Å²) in [6.45, 7) is 7.52. The van der Waals surface area contributed by atoms with E-state index in [2.05, 4.69) is 35.5 Å². The molecular formula is C26H24N10O. The SMILES string of the molecule is Cc1cn(-c2nccc3[nH]c(-c4n[nH]c5ccc(-c6cncc(NC(=O)C(C)(C)C)c6)nc45)nc23)cn1. The molecule has 0 aliphatic heterocycles. The van der Waals surface area contributed by atoms with Crippen LogP contribution in [0.3, 0.4) is 0 Å². The van der Waals surface area contributed by atoms with Gasteiger partial charge < -0.3 is 10.3 Å². The van der Waals surface area contributed by atoms with E-state index in [0.717, 1.165) is 22.3 Å². The topological polar surface area (TPSA) is 143 Å². The Bertz CT molecular complexity index is 1790. The number of aromatic amines is 2. The van der Waals surface area contributed by atoms with Crippen LogP contribution in [-0.4, -0.2) is 50.6 Å². The third-order valence-electron chi connectivity index (χ3n) is 5.94. The maximum atomic E-state index is 12.4. The van der Waals surface area contributed by atoms with E-state index in [4.69, 9.17) is 9.97 Å². The van der Waals surface area contributed by atoms with Crippen molar-refractivity contribution < 1.29 is 4.79 Å². The number of hydrogen-bond donors (Lipinski definition) is 3. The molecule has 0 spiro atoms. The van der Waals surface area contributed by atoms with E-state index in [1.165, 1.54) is 0 Å². The van der Waals surface area contributed by atoms with Crippen molar-refractivity contribution >= 4 is 33.7 Å². The molecule has 0 fully saturated rings. The lowest BCUT2D eigenvalue weighted by Crippen LogP contribution is -2.27. The predicted octanol–water partition coefficient (Wildman–Crippen LogP) is 4.44. The highest BCUT2D eigenvalue weighted by Crippen LogP contribution is 2.29. The van der Waals surface area contributed by atoms with Crippen molar-refractivity contribution in [3.63, 3.8) is 0 Å². The first-order valence-corrected chi connectivity index (χ1v) is 11.7. The number of aryl methyl sites for hydroxylation is 1. The molecule has 37 heavy (non-hydrogen) atoms. The summed E-state index contributed by atoms with van der Waals surface area (Å²) < 4.78 is 1.85. The van der Waals surface area contributed by atoms with Crippen molar-refractivity contribution in [3.05, 3.63) is 61.1 Å². The highest BCUT2D eigenvalue weighted by atomic mass is 16.2. The number of carbonyl (C=O) groups excluding carboxylic acids is 1. The van der Waals surface area contributed by atoms with Gasteiger partial charge in [-0.3, -0.25) is 19.4 Å². The Hall–Kier alpha value is -4.93. The van der Waals surface area contributed by atoms with Gasteiger partial charge in [-0.2, -0.15) is 5.10 Å². The van der Waals surface area contributed by atoms with Crippen molar-refractivity contribution in [1.82, 2.24) is 44.7 Å². The molecule has 6 rings (SSSR count). The van der Waals surface area contributed by atoms with Gasteiger partial charge in [-0.05, 0) is 31.2 Å². The molecule has 184 valence electrons. The summed E-state index contributed by atoms with van der Waals surface area (Å²) in [4.78, 5) is 38.6. The van der Waals surface area contributed by atoms with Gasteiger partial charge in [0.25, 0.3) is 0 Å². The van der Waals surface area contributed by atoms with Gasteiger partial charge in [-0.25, -0.2) is 19.9 Å². The van der Waals surface area contributed by atoms with E-state index < -0.39 is 5.41 Å². The monoisotopic (exact) mass is 492 g/mol. The number of carbonyl (C=O) groups is 1. The van der Waals surface area contributed by atoms with Gasteiger partial charge >= 0.3 is 0 Å². The molecule has 1 amide bonds. The van der Waals surface area contributed by atoms with Gasteiger partial charge in [0, 0.05) is 29.6 Å². The first kappa shape index (κ1) is 22.5. The third-order valence-corrected chi connectivity index (χ3v) is 5.94. The summed E-state index contributed by atoms with van der Waals surface area (Å²) in [6.07, 6.45) is 8.69. The molecule has 0 saturated carbocycles. The zero-order chi connectivity index (χ0) is 25.7. The van der Waals surface area contributed by atoms with Crippen LogP contribution in [0.25, 0.3) is 50.7 Å². The first-order valence-electron chi connectivity index (χ1n) is 11.7. The van der Waals surface area contributed by atoms with E-state index in [9.17, 15) is 4.79 Å². The fraction of sp³-hybridized carbons (Fsp3) is 0.192. The molecule has 11 nitrogen and oxygen atoms in total. The van der Waals surface area contributed by atoms with E-state index in [-0.39, 0.29) is 5.91 Å². The van der Waals surface area contributed by atoms with Crippen LogP contribution >= 0.6 is 0 Å². The van der Waals surface area contributed by atoms with Gasteiger partial charge in [0.05, 0.1) is 34.3 Å². The smallest absolute Gasteiger partial charge is 0.229 e. The van der Waals surface area contributed by atoms with Crippen LogP contribution in [0.15, 0.2) is 55.4 Å². The molecule has 6 aromatic heterocycles. The molecule has 0 aliphatic carbocycles. The van der Waals surface area contributed by atoms with Crippen LogP contribution in [0, 0.1) is 12.3 Å². The molecule has 6 aromatic rings. The second kappa shape index (κ2) is 8.33. The minimum atomic E-state index is -0.516. The van der Waals surface area contributed by atoms with Crippen LogP contribution in [-0.2, 0) is 4.79 Å². The van der Waals surface area contributed by atoms with Crippen molar-refractivity contribution in [1.29, 1.82) is 0 Å². The lowest BCUT2D eigenvalue weighted by Gasteiger charge is -2.17. The standard InChI is InChI=1S/C26H24N10O/c1-14-12-36(13-29-14)24-21-18(7-8-28-24)32-23(33-21)22-20-19(34-35-22)6-5-17(31-20)15-9-16(11-27-10-15)30-25(37)26(2,3)4/h5-13H,1-4H3,(H,30,37)(H,32,33)(H,34,35). The molecule has 6 heterocycles. The average Bonchev–Trinajstić information content (AvgIpc) is 3.60. The highest BCUT2D eigenvalue weighted by Gasteiger charge is 2.22. The Morgan fingerprint density at radius 1 is 1.03 bits per heavy atom. The molecule has 0 unspecified atom stereocenters. The quantitative estimate of drug-likeness (QED) is 0.330. The number of H-pyrrole nitrogens is 2. The van der Waals surface area contributed by atoms with Gasteiger partial charge in [-0.1, -0.05) is 20.8 Å². The number of rotatable bonds is 4. The Labute approximate surface area is 211 Å². The number of nitrogens with one attached hydrogen (secondary N) is 3. The number of fused-ring (bicyclic) bond motifs is 2. The van der Waals surface area contributed by atoms with Gasteiger partial charge in [0.15, 0.2) is 17.3 Å². The lowest BCUT2D eigenvalue weighted by atomic mass is 9.95. The van der Waals surface area contributed by atoms with Crippen molar-refractivity contribution in [2.75, 3.05) is 5.32 Å². The minimum Gasteiger partial charge on any atom is -0.336 e. The van der Waals surface area contributed by atoms with Crippen molar-refractivity contribution in [3.8, 4) is 28.6 Å². The number of aromatic nitrogens is 9. The van der Waals surface area contributed by atoms with Crippen LogP contribution < -0.4 is 5.32 Å². The average molecular weight is 493 g/mol. The van der Waals surface area contributed by atoms with E-state index in [0.29, 0.717) is 39.8 Å². The molecule has 0 bridgehead atoms. The lowest BCUT2D eigenvalue weighted by molar-refractivity contribution is -0.123. The van der Waals surface area contributed by atoms with Gasteiger partial charge in [0.2, 0.25) is 5.91 Å². The fourth-order valence-corrected chi connectivity index (χ4v) is 3.95. The molecule has 0 aliphatic rings. The van der Waals surface area contributed by atoms with Gasteiger partial charge in [-0.15, -0.1) is 0 Å². The zero-order valence-corrected chi connectivity index (χ0v) is 20.7. The first-order chi connectivity index (χ1) is 17.8. The van der Waals surface area contributed by atoms with E-state index in [1.807, 2.05) is 62.7 Å². The molecule has 0 atom stereocenters. The number of pyridine rings is 3. The summed E-state index contributed by atoms with van der Waals surface area (Å²) >= 11 is 0. The fourth-order valence-electron chi connectivity index (χ4n) is 3.95. The molecule has 11 heteroatoms. The molecule has 0 aromatic carbocycles. The van der Waals surface area contributed by atoms with Crippen LogP contribution in [0.4, 0.5) is 5.69 Å². The Morgan fingerprint density at radius 2 is 1.89 bits per heavy atom. The van der Waals surface area contributed by atoms with Crippen LogP contribution in [0.1, 0.15) is 26.5 Å². The number of nitrogens with zero attached hydrogens (tertiary/aromatic N) is 7. The maximum absolute atomic E-state index is 12.4. The summed E-state index contributed by atoms with van der Waals surface area (Å²) in [6, 6.07) is 7.53. The Morgan fingerprint density at radius 3 is 2.68 bits per heavy atom. The second-order valence-electron chi connectivity index (χ2n) is 9.87. The number of hydrogen-bond acceptors (Lipinski definition) is 7. The summed E-state index contributed by atoms with van der Waals surface area (Å²) in [5.41, 5.74) is 6.00. The summed E-state index contributed by atoms with van der Waals surface area (Å²) in [5, 5.41) is 10.5. The minimum absolute atomic E-state index is 0.0865. The molecule has 0 radical (unpaired) electrons. The van der Waals surface area contributed by atoms with Gasteiger partial charge in [0.1, 0.15) is 17.4 Å². The summed E-state index contributed by atoms with van der Waals surface area (Å²) in [7, 11) is 0. The summed E-state index contributed by atoms with van der Waals surface area (Å²) in [5.74, 6) is 1.16. The molecule has 0 saturated heterocycles. The normalized spacial score (nSPS) is 11.9. The van der Waals surface area contributed by atoms with Crippen molar-refractivity contribution in [2.24, 2.45) is 5.41 Å². The largest absolute Gasteiger partial charge is 0.336 e. The van der Waals surface area contributed by atoms with E-state index in [1.54, 1.807) is 24.9 Å². The Kier molecular flexibility index (Phi) is 5.07. The van der Waals surface area contributed by atoms with Crippen LogP contribution in [0.5, 0.6) is 0 Å². The molecule has 3 N–H and O–H groups in total. The zero-order valence-electron chi connectivity index (χ0n) is 20.7. The second-order valence-corrected chi connectivity index (χ2v) is 9.87. The third kappa shape index (κ3) is 4.10. The maximum Gasteiger partial charge on any atom is 0.229 e. The number of anilines is 1. The highest BCUT2D eigenvalue weighted by molar-refractivity contribution is 5.95. The predicted molar refractivity (Wildman–Crippen MR) is 140 cm³/mol. The van der Waals surface area contributed by atoms with Crippen LogP contribution in [0.2, 0.25) is 0 Å². The van der Waals surface area contributed by atoms with E-state index >= 15 is 0 Å². The number of imidazole rings is 2. The Balaban J connectivity index is 1.40. The number of amides is 1. The van der Waals surface area contributed by atoms with Crippen molar-refractivity contribution in [2.45, 2.75) is 27.7 Å². The molecular weight excluding hydrogens is 468 g/mol.